The number of hydrogen-bond acceptors (Lipinski definition) is 3. The lowest BCUT2D eigenvalue weighted by Gasteiger charge is -2.15. The molecule has 1 aromatic rings. The number of carboxylic acids is 1. The minimum Gasteiger partial charge on any atom is -0.490 e. The van der Waals surface area contributed by atoms with Crippen molar-refractivity contribution in [3.05, 3.63) is 29.8 Å². The van der Waals surface area contributed by atoms with Gasteiger partial charge in [-0.15, -0.1) is 0 Å². The normalized spacial score (nSPS) is 12.1. The van der Waals surface area contributed by atoms with Crippen molar-refractivity contribution in [2.45, 2.75) is 25.9 Å². The molecule has 0 aliphatic heterocycles. The molecule has 4 heteroatoms. The molecule has 0 radical (unpaired) electrons. The van der Waals surface area contributed by atoms with Crippen molar-refractivity contribution in [3.8, 4) is 5.75 Å². The van der Waals surface area contributed by atoms with Gasteiger partial charge in [0, 0.05) is 6.61 Å². The van der Waals surface area contributed by atoms with Crippen LogP contribution in [0.15, 0.2) is 24.3 Å². The van der Waals surface area contributed by atoms with E-state index >= 15 is 0 Å². The van der Waals surface area contributed by atoms with Crippen molar-refractivity contribution in [2.75, 3.05) is 6.61 Å². The minimum absolute atomic E-state index is 0.0343. The van der Waals surface area contributed by atoms with E-state index in [0.29, 0.717) is 12.2 Å². The highest BCUT2D eigenvalue weighted by Gasteiger charge is 2.11. The van der Waals surface area contributed by atoms with E-state index in [4.69, 9.17) is 14.9 Å². The average molecular weight is 224 g/mol. The molecule has 0 amide bonds. The summed E-state index contributed by atoms with van der Waals surface area (Å²) >= 11 is 0. The van der Waals surface area contributed by atoms with Gasteiger partial charge in [0.05, 0.1) is 6.42 Å². The lowest BCUT2D eigenvalue weighted by atomic mass is 10.1. The molecule has 0 aliphatic carbocycles. The third-order valence-electron chi connectivity index (χ3n) is 2.14. The summed E-state index contributed by atoms with van der Waals surface area (Å²) in [7, 11) is 0. The molecular weight excluding hydrogens is 208 g/mol. The van der Waals surface area contributed by atoms with E-state index in [1.54, 1.807) is 13.0 Å². The molecule has 0 heterocycles. The van der Waals surface area contributed by atoms with E-state index in [-0.39, 0.29) is 19.1 Å². The van der Waals surface area contributed by atoms with Gasteiger partial charge in [-0.05, 0) is 25.0 Å². The Bertz CT molecular complexity index is 349. The number of aliphatic carboxylic acids is 1. The molecule has 2 N–H and O–H groups in total. The largest absolute Gasteiger partial charge is 0.490 e. The van der Waals surface area contributed by atoms with Crippen molar-refractivity contribution >= 4 is 5.97 Å². The van der Waals surface area contributed by atoms with E-state index < -0.39 is 5.97 Å². The summed E-state index contributed by atoms with van der Waals surface area (Å²) in [6, 6.07) is 7.33. The second-order valence-electron chi connectivity index (χ2n) is 3.61. The Morgan fingerprint density at radius 2 is 2.12 bits per heavy atom. The van der Waals surface area contributed by atoms with Gasteiger partial charge in [0.25, 0.3) is 0 Å². The van der Waals surface area contributed by atoms with Gasteiger partial charge < -0.3 is 14.9 Å². The summed E-state index contributed by atoms with van der Waals surface area (Å²) in [4.78, 5) is 10.5. The standard InChI is InChI=1S/C12H16O4/c1-9(8-12(14)15)16-11-5-3-2-4-10(11)6-7-13/h2-5,9,13H,6-8H2,1H3,(H,14,15)/t9-/m0/s1. The number of ether oxygens (including phenoxy) is 1. The van der Waals surface area contributed by atoms with Crippen LogP contribution in [-0.2, 0) is 11.2 Å². The lowest BCUT2D eigenvalue weighted by Crippen LogP contribution is -2.17. The molecule has 0 saturated carbocycles. The fourth-order valence-electron chi connectivity index (χ4n) is 1.45. The van der Waals surface area contributed by atoms with Gasteiger partial charge >= 0.3 is 5.97 Å². The highest BCUT2D eigenvalue weighted by Crippen LogP contribution is 2.20. The maximum Gasteiger partial charge on any atom is 0.307 e. The van der Waals surface area contributed by atoms with E-state index in [9.17, 15) is 4.79 Å². The SMILES string of the molecule is C[C@@H](CC(=O)O)Oc1ccccc1CCO. The predicted molar refractivity (Wildman–Crippen MR) is 59.6 cm³/mol. The summed E-state index contributed by atoms with van der Waals surface area (Å²) < 4.78 is 5.52. The number of carbonyl (C=O) groups is 1. The van der Waals surface area contributed by atoms with Gasteiger partial charge in [0.1, 0.15) is 11.9 Å². The molecule has 16 heavy (non-hydrogen) atoms. The first-order valence-electron chi connectivity index (χ1n) is 5.20. The number of carboxylic acid groups (broad SMARTS) is 1. The first-order chi connectivity index (χ1) is 7.63. The zero-order valence-electron chi connectivity index (χ0n) is 9.22. The predicted octanol–water partition coefficient (Wildman–Crippen LogP) is 1.46. The maximum atomic E-state index is 10.5. The Balaban J connectivity index is 2.68. The van der Waals surface area contributed by atoms with E-state index in [2.05, 4.69) is 0 Å². The van der Waals surface area contributed by atoms with Crippen molar-refractivity contribution < 1.29 is 19.7 Å². The molecule has 4 nitrogen and oxygen atoms in total. The number of aliphatic hydroxyl groups excluding tert-OH is 1. The first-order valence-corrected chi connectivity index (χ1v) is 5.20. The summed E-state index contributed by atoms with van der Waals surface area (Å²) in [5.41, 5.74) is 0.891. The van der Waals surface area contributed by atoms with Crippen LogP contribution in [0, 0.1) is 0 Å². The van der Waals surface area contributed by atoms with E-state index in [0.717, 1.165) is 5.56 Å². The first kappa shape index (κ1) is 12.5. The van der Waals surface area contributed by atoms with Gasteiger partial charge in [0.2, 0.25) is 0 Å². The fraction of sp³-hybridized carbons (Fsp3) is 0.417. The Kier molecular flexibility index (Phi) is 4.79. The number of rotatable bonds is 6. The maximum absolute atomic E-state index is 10.5. The number of para-hydroxylation sites is 1. The second-order valence-corrected chi connectivity index (χ2v) is 3.61. The van der Waals surface area contributed by atoms with Crippen LogP contribution < -0.4 is 4.74 Å². The monoisotopic (exact) mass is 224 g/mol. The quantitative estimate of drug-likeness (QED) is 0.767. The highest BCUT2D eigenvalue weighted by molar-refractivity contribution is 5.67. The van der Waals surface area contributed by atoms with Gasteiger partial charge in [-0.3, -0.25) is 4.79 Å². The summed E-state index contributed by atoms with van der Waals surface area (Å²) in [5.74, 6) is -0.238. The molecule has 0 spiro atoms. The van der Waals surface area contributed by atoms with Crippen molar-refractivity contribution in [3.63, 3.8) is 0 Å². The molecule has 1 atom stereocenters. The van der Waals surface area contributed by atoms with Crippen LogP contribution in [0.5, 0.6) is 5.75 Å². The van der Waals surface area contributed by atoms with Crippen LogP contribution in [0.25, 0.3) is 0 Å². The molecule has 0 aliphatic rings. The molecule has 0 unspecified atom stereocenters. The van der Waals surface area contributed by atoms with Gasteiger partial charge in [-0.1, -0.05) is 18.2 Å². The molecular formula is C12H16O4. The van der Waals surface area contributed by atoms with Crippen LogP contribution >= 0.6 is 0 Å². The molecule has 88 valence electrons. The molecule has 1 rings (SSSR count). The second kappa shape index (κ2) is 6.12. The van der Waals surface area contributed by atoms with Gasteiger partial charge in [-0.25, -0.2) is 0 Å². The van der Waals surface area contributed by atoms with Gasteiger partial charge in [-0.2, -0.15) is 0 Å². The molecule has 1 aromatic carbocycles. The molecule has 0 saturated heterocycles. The Morgan fingerprint density at radius 3 is 2.75 bits per heavy atom. The fourth-order valence-corrected chi connectivity index (χ4v) is 1.45. The minimum atomic E-state index is -0.882. The number of hydrogen-bond donors (Lipinski definition) is 2. The van der Waals surface area contributed by atoms with Crippen LogP contribution in [0.3, 0.4) is 0 Å². The van der Waals surface area contributed by atoms with Crippen LogP contribution in [-0.4, -0.2) is 28.9 Å². The topological polar surface area (TPSA) is 66.8 Å². The van der Waals surface area contributed by atoms with Gasteiger partial charge in [0.15, 0.2) is 0 Å². The lowest BCUT2D eigenvalue weighted by molar-refractivity contribution is -0.138. The molecule has 0 bridgehead atoms. The van der Waals surface area contributed by atoms with E-state index in [1.807, 2.05) is 18.2 Å². The van der Waals surface area contributed by atoms with Crippen LogP contribution in [0.1, 0.15) is 18.9 Å². The zero-order chi connectivity index (χ0) is 12.0. The molecule has 0 aromatic heterocycles. The van der Waals surface area contributed by atoms with Crippen molar-refractivity contribution in [2.24, 2.45) is 0 Å². The van der Waals surface area contributed by atoms with Crippen LogP contribution in [0.4, 0.5) is 0 Å². The Labute approximate surface area is 94.5 Å². The Hall–Kier alpha value is -1.55. The number of aliphatic hydroxyl groups is 1. The van der Waals surface area contributed by atoms with Crippen LogP contribution in [0.2, 0.25) is 0 Å². The van der Waals surface area contributed by atoms with Crippen molar-refractivity contribution in [1.82, 2.24) is 0 Å². The third-order valence-corrected chi connectivity index (χ3v) is 2.14. The summed E-state index contributed by atoms with van der Waals surface area (Å²) in [5, 5.41) is 17.5. The number of benzene rings is 1. The van der Waals surface area contributed by atoms with E-state index in [1.165, 1.54) is 0 Å². The summed E-state index contributed by atoms with van der Waals surface area (Å²) in [6.07, 6.45) is 0.0982. The molecule has 0 fully saturated rings. The van der Waals surface area contributed by atoms with Crippen molar-refractivity contribution in [1.29, 1.82) is 0 Å². The third kappa shape index (κ3) is 3.90. The average Bonchev–Trinajstić information content (AvgIpc) is 2.20. The smallest absolute Gasteiger partial charge is 0.307 e. The summed E-state index contributed by atoms with van der Waals surface area (Å²) in [6.45, 7) is 1.76. The Morgan fingerprint density at radius 1 is 1.44 bits per heavy atom. The zero-order valence-corrected chi connectivity index (χ0v) is 9.22. The highest BCUT2D eigenvalue weighted by atomic mass is 16.5.